The van der Waals surface area contributed by atoms with Crippen LogP contribution in [0.15, 0.2) is 0 Å². The van der Waals surface area contributed by atoms with Gasteiger partial charge in [0.25, 0.3) is 0 Å². The topological polar surface area (TPSA) is 0 Å². The van der Waals surface area contributed by atoms with Gasteiger partial charge in [-0.2, -0.15) is 0 Å². The van der Waals surface area contributed by atoms with Crippen molar-refractivity contribution in [3.8, 4) is 118 Å². The molecule has 0 aromatic heterocycles. The van der Waals surface area contributed by atoms with Crippen LogP contribution in [0.4, 0.5) is 0 Å². The van der Waals surface area contributed by atoms with Crippen molar-refractivity contribution in [2.45, 2.75) is 198 Å². The van der Waals surface area contributed by atoms with Crippen LogP contribution in [0.5, 0.6) is 0 Å². The highest BCUT2D eigenvalue weighted by Gasteiger charge is 2.35. The molecule has 0 saturated carbocycles. The Morgan fingerprint density at radius 3 is 0.343 bits per heavy atom. The Labute approximate surface area is 423 Å². The molecule has 0 aliphatic rings. The van der Waals surface area contributed by atoms with Gasteiger partial charge in [0.15, 0.2) is 0 Å². The number of unbranched alkanes of at least 4 members (excludes halogenated alkanes) is 10. The molecule has 0 N–H and O–H groups in total. The van der Waals surface area contributed by atoms with Crippen molar-refractivity contribution in [2.24, 2.45) is 0 Å². The molecule has 0 heterocycles. The van der Waals surface area contributed by atoms with Crippen LogP contribution >= 0.6 is 0 Å². The third-order valence-electron chi connectivity index (χ3n) is 12.1. The van der Waals surface area contributed by atoms with E-state index in [4.69, 9.17) is 0 Å². The summed E-state index contributed by atoms with van der Waals surface area (Å²) in [6.45, 7) is 21.9. The maximum absolute atomic E-state index is 3.83. The molecule has 0 atom stereocenters. The van der Waals surface area contributed by atoms with Gasteiger partial charge in [-0.15, -0.1) is 0 Å². The third kappa shape index (κ3) is 10.7. The van der Waals surface area contributed by atoms with Crippen molar-refractivity contribution in [1.29, 1.82) is 0 Å². The number of hydrogen-bond acceptors (Lipinski definition) is 0. The van der Waals surface area contributed by atoms with Gasteiger partial charge in [-0.05, 0) is 64.2 Å². The molecule has 0 heteroatoms. The Kier molecular flexibility index (Phi) is 20.0. The van der Waals surface area contributed by atoms with E-state index in [-0.39, 0.29) is 0 Å². The Morgan fingerprint density at radius 1 is 0.157 bits per heavy atom. The Hall–Kier alpha value is -7.00. The van der Waals surface area contributed by atoms with Crippen LogP contribution in [-0.4, -0.2) is 0 Å². The predicted octanol–water partition coefficient (Wildman–Crippen LogP) is 17.3. The quantitative estimate of drug-likeness (QED) is 0.0949. The second kappa shape index (κ2) is 26.7. The number of benzene rings is 5. The summed E-state index contributed by atoms with van der Waals surface area (Å²) in [4.78, 5) is 0. The van der Waals surface area contributed by atoms with Crippen molar-refractivity contribution in [3.63, 3.8) is 0 Å². The minimum atomic E-state index is 0.756. The van der Waals surface area contributed by atoms with Crippen LogP contribution in [0, 0.1) is 118 Å². The zero-order valence-electron chi connectivity index (χ0n) is 44.1. The molecule has 0 amide bonds. The summed E-state index contributed by atoms with van der Waals surface area (Å²) in [5.74, 6) is 74.6. The zero-order chi connectivity index (χ0) is 49.8. The van der Waals surface area contributed by atoms with E-state index in [9.17, 15) is 0 Å². The summed E-state index contributed by atoms with van der Waals surface area (Å²) >= 11 is 0. The van der Waals surface area contributed by atoms with Crippen molar-refractivity contribution in [3.05, 3.63) is 55.6 Å². The third-order valence-corrected chi connectivity index (χ3v) is 12.1. The van der Waals surface area contributed by atoms with Crippen LogP contribution < -0.4 is 0 Å². The monoisotopic (exact) mass is 911 g/mol. The van der Waals surface area contributed by atoms with Gasteiger partial charge >= 0.3 is 0 Å². The molecule has 6 aromatic carbocycles. The molecule has 350 valence electrons. The maximum Gasteiger partial charge on any atom is 0.0500 e. The fourth-order valence-electron chi connectivity index (χ4n) is 9.01. The van der Waals surface area contributed by atoms with Gasteiger partial charge in [0, 0.05) is 118 Å². The molecule has 0 unspecified atom stereocenters. The largest absolute Gasteiger partial charge is 0.0978 e. The van der Waals surface area contributed by atoms with Gasteiger partial charge in [-0.1, -0.05) is 188 Å². The van der Waals surface area contributed by atoms with E-state index in [1.165, 1.54) is 0 Å². The minimum absolute atomic E-state index is 0.756. The SMILES string of the molecule is CCCC#Cc1c(C#CCCC)c2c(C#CCCC)c(C#CCCC)c3c(C#CCCC)c(C#CCCC)c4c(C#CCCC)c(C#CCCC)c5c(C#CCCC)c(C#CCCC)c1c1c2c3c4c51. The molecule has 0 aliphatic heterocycles. The Morgan fingerprint density at radius 2 is 0.257 bits per heavy atom. The van der Waals surface area contributed by atoms with Gasteiger partial charge in [0.05, 0.1) is 55.6 Å². The summed E-state index contributed by atoms with van der Waals surface area (Å²) in [6, 6.07) is 0. The van der Waals surface area contributed by atoms with E-state index in [1.54, 1.807) is 0 Å². The summed E-state index contributed by atoms with van der Waals surface area (Å²) in [7, 11) is 0. The highest BCUT2D eigenvalue weighted by Crippen LogP contribution is 2.56. The lowest BCUT2D eigenvalue weighted by atomic mass is 9.82. The van der Waals surface area contributed by atoms with Crippen molar-refractivity contribution in [1.82, 2.24) is 0 Å². The molecule has 0 nitrogen and oxygen atoms in total. The first-order valence-electron chi connectivity index (χ1n) is 26.9. The molecule has 0 spiro atoms. The van der Waals surface area contributed by atoms with Crippen molar-refractivity contribution >= 4 is 53.9 Å². The standard InChI is InChI=1S/C70H70/c1-11-21-31-41-51-52(42-32-22-12-2)62-55(45-35-25-15-5)56(46-36-26-16-6)64-59(49-39-29-19-9)60(50-40-30-20-10)65-58(48-38-28-18-8)57(47-37-27-17-7)63-54(44-34-24-14-4)53(43-33-23-13-3)61(51)66-67(62)69(64)70(65)68(63)66/h11-30H2,1-10H3. The molecule has 6 rings (SSSR count). The van der Waals surface area contributed by atoms with Gasteiger partial charge in [0.2, 0.25) is 0 Å². The maximum atomic E-state index is 3.83. The molecule has 0 bridgehead atoms. The minimum Gasteiger partial charge on any atom is -0.0978 e. The van der Waals surface area contributed by atoms with Gasteiger partial charge in [-0.25, -0.2) is 0 Å². The predicted molar refractivity (Wildman–Crippen MR) is 305 cm³/mol. The van der Waals surface area contributed by atoms with E-state index in [0.29, 0.717) is 0 Å². The van der Waals surface area contributed by atoms with Crippen LogP contribution in [0.1, 0.15) is 253 Å². The molecular weight excluding hydrogens is 841 g/mol. The average Bonchev–Trinajstić information content (AvgIpc) is 3.71. The summed E-state index contributed by atoms with van der Waals surface area (Å²) < 4.78 is 0. The van der Waals surface area contributed by atoms with E-state index in [0.717, 1.165) is 238 Å². The van der Waals surface area contributed by atoms with E-state index in [1.807, 2.05) is 0 Å². The lowest BCUT2D eigenvalue weighted by Gasteiger charge is -2.18. The first-order chi connectivity index (χ1) is 34.5. The summed E-state index contributed by atoms with van der Waals surface area (Å²) in [5.41, 5.74) is 9.06. The fourth-order valence-corrected chi connectivity index (χ4v) is 9.01. The van der Waals surface area contributed by atoms with Crippen LogP contribution in [0.2, 0.25) is 0 Å². The number of hydrogen-bond donors (Lipinski definition) is 0. The van der Waals surface area contributed by atoms with Gasteiger partial charge < -0.3 is 0 Å². The molecule has 0 fully saturated rings. The second-order valence-electron chi connectivity index (χ2n) is 18.0. The van der Waals surface area contributed by atoms with Crippen LogP contribution in [0.25, 0.3) is 53.9 Å². The Balaban J connectivity index is 2.30. The van der Waals surface area contributed by atoms with E-state index in [2.05, 4.69) is 188 Å². The molecule has 0 radical (unpaired) electrons. The smallest absolute Gasteiger partial charge is 0.0500 e. The molecule has 0 saturated heterocycles. The molecule has 0 aliphatic carbocycles. The highest BCUT2D eigenvalue weighted by atomic mass is 14.3. The van der Waals surface area contributed by atoms with Crippen molar-refractivity contribution < 1.29 is 0 Å². The molecule has 6 aromatic rings. The normalized spacial score (nSPS) is 10.1. The van der Waals surface area contributed by atoms with Crippen LogP contribution in [-0.2, 0) is 0 Å². The molecular formula is C70H70. The lowest BCUT2D eigenvalue weighted by Crippen LogP contribution is -2.01. The second-order valence-corrected chi connectivity index (χ2v) is 18.0. The lowest BCUT2D eigenvalue weighted by molar-refractivity contribution is 0.982. The zero-order valence-corrected chi connectivity index (χ0v) is 44.1. The van der Waals surface area contributed by atoms with Crippen LogP contribution in [0.3, 0.4) is 0 Å². The number of rotatable bonds is 10. The first-order valence-corrected chi connectivity index (χ1v) is 26.9. The highest BCUT2D eigenvalue weighted by molar-refractivity contribution is 6.49. The summed E-state index contributed by atoms with van der Waals surface area (Å²) in [5, 5.41) is 10.8. The van der Waals surface area contributed by atoms with Crippen molar-refractivity contribution in [2.75, 3.05) is 0 Å². The summed E-state index contributed by atoms with van der Waals surface area (Å²) in [6.07, 6.45) is 17.0. The first kappa shape index (κ1) is 52.4. The van der Waals surface area contributed by atoms with Gasteiger partial charge in [0.1, 0.15) is 0 Å². The van der Waals surface area contributed by atoms with E-state index >= 15 is 0 Å². The Bertz CT molecular complexity index is 2760. The molecule has 70 heavy (non-hydrogen) atoms. The van der Waals surface area contributed by atoms with Gasteiger partial charge in [-0.3, -0.25) is 0 Å². The van der Waals surface area contributed by atoms with E-state index < -0.39 is 0 Å². The average molecular weight is 911 g/mol. The fraction of sp³-hybridized carbons (Fsp3) is 0.429.